The Morgan fingerprint density at radius 1 is 0.935 bits per heavy atom. The van der Waals surface area contributed by atoms with E-state index in [0.717, 1.165) is 32.6 Å². The van der Waals surface area contributed by atoms with Gasteiger partial charge in [-0.15, -0.1) is 11.8 Å². The van der Waals surface area contributed by atoms with Crippen LogP contribution >= 0.6 is 46.7 Å². The minimum Gasteiger partial charge on any atom is -0.280 e. The number of fused-ring (bicyclic) bond motifs is 1. The fraction of sp³-hybridized carbons (Fsp3) is 0.167. The summed E-state index contributed by atoms with van der Waals surface area (Å²) >= 11 is 15.6. The number of hydrogen-bond donors (Lipinski definition) is 0. The van der Waals surface area contributed by atoms with Crippen LogP contribution in [-0.4, -0.2) is 21.1 Å². The highest BCUT2D eigenvalue weighted by Gasteiger charge is 2.18. The summed E-state index contributed by atoms with van der Waals surface area (Å²) in [7, 11) is 0. The molecule has 1 heterocycles. The number of nitrogens with zero attached hydrogens (tertiary/aromatic N) is 2. The standard InChI is InChI=1S/C24H20Cl2N2OS2/c1-16(17-7-3-2-4-8-17)28-23(29)19-9-5-6-10-21(19)27-24(28)31-14-13-30-22-15-18(25)11-12-20(22)26/h2-12,15-16H,13-14H2,1H3. The molecule has 1 unspecified atom stereocenters. The molecule has 3 nitrogen and oxygen atoms in total. The lowest BCUT2D eigenvalue weighted by Gasteiger charge is -2.20. The highest BCUT2D eigenvalue weighted by molar-refractivity contribution is 8.03. The zero-order chi connectivity index (χ0) is 21.8. The molecule has 31 heavy (non-hydrogen) atoms. The smallest absolute Gasteiger partial charge is 0.262 e. The van der Waals surface area contributed by atoms with Crippen LogP contribution in [0, 0.1) is 0 Å². The Hall–Kier alpha value is -1.92. The van der Waals surface area contributed by atoms with Crippen LogP contribution in [0.15, 0.2) is 87.6 Å². The zero-order valence-corrected chi connectivity index (χ0v) is 19.9. The maximum atomic E-state index is 13.4. The van der Waals surface area contributed by atoms with Crippen molar-refractivity contribution >= 4 is 57.6 Å². The molecule has 0 fully saturated rings. The van der Waals surface area contributed by atoms with Gasteiger partial charge < -0.3 is 0 Å². The van der Waals surface area contributed by atoms with Gasteiger partial charge in [-0.05, 0) is 42.8 Å². The minimum atomic E-state index is -0.122. The van der Waals surface area contributed by atoms with Gasteiger partial charge in [0.1, 0.15) is 0 Å². The third-order valence-corrected chi connectivity index (χ3v) is 7.86. The fourth-order valence-corrected chi connectivity index (χ4v) is 5.87. The average Bonchev–Trinajstić information content (AvgIpc) is 2.79. The summed E-state index contributed by atoms with van der Waals surface area (Å²) in [5.41, 5.74) is 1.77. The largest absolute Gasteiger partial charge is 0.280 e. The van der Waals surface area contributed by atoms with Crippen LogP contribution in [0.4, 0.5) is 0 Å². The van der Waals surface area contributed by atoms with Crippen LogP contribution in [0.25, 0.3) is 10.9 Å². The first-order valence-corrected chi connectivity index (χ1v) is 12.5. The van der Waals surface area contributed by atoms with Crippen molar-refractivity contribution in [2.24, 2.45) is 0 Å². The number of para-hydroxylation sites is 1. The molecule has 3 aromatic carbocycles. The molecule has 0 radical (unpaired) electrons. The van der Waals surface area contributed by atoms with Gasteiger partial charge in [0, 0.05) is 21.4 Å². The predicted molar refractivity (Wildman–Crippen MR) is 134 cm³/mol. The topological polar surface area (TPSA) is 34.9 Å². The molecule has 0 amide bonds. The van der Waals surface area contributed by atoms with Gasteiger partial charge >= 0.3 is 0 Å². The van der Waals surface area contributed by atoms with E-state index in [0.29, 0.717) is 15.4 Å². The second-order valence-corrected chi connectivity index (χ2v) is 9.99. The molecule has 0 aliphatic heterocycles. The molecule has 0 spiro atoms. The molecule has 4 aromatic rings. The van der Waals surface area contributed by atoms with E-state index in [-0.39, 0.29) is 11.6 Å². The van der Waals surface area contributed by atoms with Crippen molar-refractivity contribution in [3.63, 3.8) is 0 Å². The molecule has 1 aromatic heterocycles. The summed E-state index contributed by atoms with van der Waals surface area (Å²) in [5, 5.41) is 2.71. The van der Waals surface area contributed by atoms with E-state index in [1.165, 1.54) is 0 Å². The predicted octanol–water partition coefficient (Wildman–Crippen LogP) is 7.20. The fourth-order valence-electron chi connectivity index (χ4n) is 3.32. The number of halogens is 2. The third kappa shape index (κ3) is 5.12. The molecule has 0 saturated heterocycles. The van der Waals surface area contributed by atoms with Crippen molar-refractivity contribution in [1.29, 1.82) is 0 Å². The Morgan fingerprint density at radius 2 is 1.65 bits per heavy atom. The summed E-state index contributed by atoms with van der Waals surface area (Å²) < 4.78 is 1.80. The van der Waals surface area contributed by atoms with E-state index in [2.05, 4.69) is 0 Å². The van der Waals surface area contributed by atoms with Crippen molar-refractivity contribution in [2.45, 2.75) is 23.0 Å². The van der Waals surface area contributed by atoms with Gasteiger partial charge in [0.05, 0.1) is 22.0 Å². The molecular formula is C24H20Cl2N2OS2. The molecule has 4 rings (SSSR count). The molecule has 0 aliphatic rings. The van der Waals surface area contributed by atoms with Gasteiger partial charge in [0.2, 0.25) is 0 Å². The van der Waals surface area contributed by atoms with Gasteiger partial charge in [-0.25, -0.2) is 4.98 Å². The minimum absolute atomic E-state index is 0.0185. The van der Waals surface area contributed by atoms with Crippen LogP contribution in [0.1, 0.15) is 18.5 Å². The molecule has 0 aliphatic carbocycles. The van der Waals surface area contributed by atoms with E-state index >= 15 is 0 Å². The summed E-state index contributed by atoms with van der Waals surface area (Å²) in [6, 6.07) is 22.9. The zero-order valence-electron chi connectivity index (χ0n) is 16.8. The van der Waals surface area contributed by atoms with Crippen molar-refractivity contribution in [3.8, 4) is 0 Å². The molecule has 158 valence electrons. The van der Waals surface area contributed by atoms with Crippen LogP contribution in [0.2, 0.25) is 10.0 Å². The number of thioether (sulfide) groups is 2. The number of hydrogen-bond acceptors (Lipinski definition) is 4. The molecule has 1 atom stereocenters. The molecular weight excluding hydrogens is 467 g/mol. The quantitative estimate of drug-likeness (QED) is 0.157. The molecule has 0 bridgehead atoms. The lowest BCUT2D eigenvalue weighted by molar-refractivity contribution is 0.549. The first-order valence-electron chi connectivity index (χ1n) is 9.81. The highest BCUT2D eigenvalue weighted by atomic mass is 35.5. The van der Waals surface area contributed by atoms with Crippen LogP contribution in [-0.2, 0) is 0 Å². The van der Waals surface area contributed by atoms with E-state index in [1.54, 1.807) is 34.2 Å². The lowest BCUT2D eigenvalue weighted by Crippen LogP contribution is -2.27. The summed E-state index contributed by atoms with van der Waals surface area (Å²) in [6.07, 6.45) is 0. The average molecular weight is 487 g/mol. The van der Waals surface area contributed by atoms with Crippen molar-refractivity contribution in [1.82, 2.24) is 9.55 Å². The van der Waals surface area contributed by atoms with Gasteiger partial charge in [0.25, 0.3) is 5.56 Å². The number of aromatic nitrogens is 2. The Morgan fingerprint density at radius 3 is 2.45 bits per heavy atom. The molecule has 0 N–H and O–H groups in total. The van der Waals surface area contributed by atoms with Crippen LogP contribution < -0.4 is 5.56 Å². The van der Waals surface area contributed by atoms with E-state index in [1.807, 2.05) is 73.7 Å². The first kappa shape index (κ1) is 22.3. The SMILES string of the molecule is CC(c1ccccc1)n1c(SCCSc2cc(Cl)ccc2Cl)nc2ccccc2c1=O. The Labute approximate surface area is 199 Å². The Bertz CT molecular complexity index is 1260. The Balaban J connectivity index is 1.61. The van der Waals surface area contributed by atoms with Crippen molar-refractivity contribution in [3.05, 3.63) is 98.8 Å². The van der Waals surface area contributed by atoms with Crippen LogP contribution in [0.3, 0.4) is 0 Å². The normalized spacial score (nSPS) is 12.2. The maximum Gasteiger partial charge on any atom is 0.262 e. The van der Waals surface area contributed by atoms with Gasteiger partial charge in [-0.2, -0.15) is 0 Å². The summed E-state index contributed by atoms with van der Waals surface area (Å²) in [5.74, 6) is 1.59. The summed E-state index contributed by atoms with van der Waals surface area (Å²) in [4.78, 5) is 19.2. The highest BCUT2D eigenvalue weighted by Crippen LogP contribution is 2.31. The third-order valence-electron chi connectivity index (χ3n) is 4.91. The second-order valence-electron chi connectivity index (χ2n) is 6.95. The van der Waals surface area contributed by atoms with E-state index in [4.69, 9.17) is 28.2 Å². The van der Waals surface area contributed by atoms with Gasteiger partial charge in [-0.1, -0.05) is 77.4 Å². The van der Waals surface area contributed by atoms with E-state index < -0.39 is 0 Å². The molecule has 0 saturated carbocycles. The van der Waals surface area contributed by atoms with Crippen LogP contribution in [0.5, 0.6) is 0 Å². The summed E-state index contributed by atoms with van der Waals surface area (Å²) in [6.45, 7) is 2.04. The monoisotopic (exact) mass is 486 g/mol. The van der Waals surface area contributed by atoms with Gasteiger partial charge in [0.15, 0.2) is 5.16 Å². The van der Waals surface area contributed by atoms with Crippen molar-refractivity contribution in [2.75, 3.05) is 11.5 Å². The first-order chi connectivity index (χ1) is 15.0. The number of benzene rings is 3. The lowest BCUT2D eigenvalue weighted by atomic mass is 10.1. The van der Waals surface area contributed by atoms with E-state index in [9.17, 15) is 4.79 Å². The number of rotatable bonds is 7. The second kappa shape index (κ2) is 10.1. The Kier molecular flexibility index (Phi) is 7.28. The van der Waals surface area contributed by atoms with Gasteiger partial charge in [-0.3, -0.25) is 9.36 Å². The molecule has 7 heteroatoms. The maximum absolute atomic E-state index is 13.4. The van der Waals surface area contributed by atoms with Crippen molar-refractivity contribution < 1.29 is 0 Å².